The quantitative estimate of drug-likeness (QED) is 0.847. The van der Waals surface area contributed by atoms with Crippen molar-refractivity contribution in [3.05, 3.63) is 34.9 Å². The SMILES string of the molecule is CCC(C)C(N)C(=O)NCC(C)(C)c1ccccc1Cl. The molecule has 2 unspecified atom stereocenters. The van der Waals surface area contributed by atoms with Gasteiger partial charge in [0.05, 0.1) is 6.04 Å². The van der Waals surface area contributed by atoms with E-state index in [0.717, 1.165) is 17.0 Å². The van der Waals surface area contributed by atoms with E-state index < -0.39 is 6.04 Å². The van der Waals surface area contributed by atoms with Gasteiger partial charge in [-0.3, -0.25) is 4.79 Å². The number of hydrogen-bond donors (Lipinski definition) is 2. The maximum Gasteiger partial charge on any atom is 0.237 e. The number of hydrogen-bond acceptors (Lipinski definition) is 2. The molecule has 2 atom stereocenters. The minimum atomic E-state index is -0.456. The lowest BCUT2D eigenvalue weighted by Crippen LogP contribution is -2.48. The third-order valence-electron chi connectivity index (χ3n) is 3.87. The van der Waals surface area contributed by atoms with Crippen LogP contribution in [0.5, 0.6) is 0 Å². The van der Waals surface area contributed by atoms with Gasteiger partial charge in [-0.05, 0) is 17.5 Å². The van der Waals surface area contributed by atoms with Gasteiger partial charge in [0.1, 0.15) is 0 Å². The minimum absolute atomic E-state index is 0.0977. The van der Waals surface area contributed by atoms with Gasteiger partial charge >= 0.3 is 0 Å². The Morgan fingerprint density at radius 2 is 2.00 bits per heavy atom. The van der Waals surface area contributed by atoms with E-state index in [4.69, 9.17) is 17.3 Å². The second kappa shape index (κ2) is 7.09. The van der Waals surface area contributed by atoms with Gasteiger partial charge in [0, 0.05) is 17.0 Å². The van der Waals surface area contributed by atoms with E-state index in [9.17, 15) is 4.79 Å². The van der Waals surface area contributed by atoms with Crippen LogP contribution in [0.25, 0.3) is 0 Å². The zero-order chi connectivity index (χ0) is 15.3. The molecule has 0 aliphatic rings. The van der Waals surface area contributed by atoms with Crippen molar-refractivity contribution in [1.82, 2.24) is 5.32 Å². The number of nitrogens with two attached hydrogens (primary N) is 1. The highest BCUT2D eigenvalue weighted by Gasteiger charge is 2.26. The smallest absolute Gasteiger partial charge is 0.237 e. The maximum atomic E-state index is 12.0. The van der Waals surface area contributed by atoms with Crippen molar-refractivity contribution in [2.24, 2.45) is 11.7 Å². The third kappa shape index (κ3) is 4.22. The number of amides is 1. The molecule has 0 spiro atoms. The highest BCUT2D eigenvalue weighted by atomic mass is 35.5. The second-order valence-electron chi connectivity index (χ2n) is 5.99. The Kier molecular flexibility index (Phi) is 6.03. The van der Waals surface area contributed by atoms with Crippen LogP contribution in [0, 0.1) is 5.92 Å². The summed E-state index contributed by atoms with van der Waals surface area (Å²) >= 11 is 6.22. The van der Waals surface area contributed by atoms with Crippen molar-refractivity contribution in [1.29, 1.82) is 0 Å². The van der Waals surface area contributed by atoms with Crippen molar-refractivity contribution in [2.45, 2.75) is 45.6 Å². The van der Waals surface area contributed by atoms with Crippen LogP contribution >= 0.6 is 11.6 Å². The van der Waals surface area contributed by atoms with E-state index >= 15 is 0 Å². The molecule has 0 saturated carbocycles. The number of rotatable bonds is 6. The Morgan fingerprint density at radius 3 is 2.55 bits per heavy atom. The van der Waals surface area contributed by atoms with Gasteiger partial charge in [-0.15, -0.1) is 0 Å². The van der Waals surface area contributed by atoms with Gasteiger partial charge in [0.2, 0.25) is 5.91 Å². The molecule has 1 aromatic carbocycles. The van der Waals surface area contributed by atoms with Crippen molar-refractivity contribution in [3.63, 3.8) is 0 Å². The number of benzene rings is 1. The second-order valence-corrected chi connectivity index (χ2v) is 6.40. The zero-order valence-electron chi connectivity index (χ0n) is 12.7. The Hall–Kier alpha value is -1.06. The predicted molar refractivity (Wildman–Crippen MR) is 84.9 cm³/mol. The number of carbonyl (C=O) groups is 1. The molecule has 1 aromatic rings. The van der Waals surface area contributed by atoms with Crippen LogP contribution in [0.2, 0.25) is 5.02 Å². The van der Waals surface area contributed by atoms with Crippen molar-refractivity contribution in [2.75, 3.05) is 6.54 Å². The first-order valence-corrected chi connectivity index (χ1v) is 7.45. The van der Waals surface area contributed by atoms with E-state index in [2.05, 4.69) is 19.2 Å². The van der Waals surface area contributed by atoms with Gasteiger partial charge in [-0.25, -0.2) is 0 Å². The molecule has 0 radical (unpaired) electrons. The fourth-order valence-electron chi connectivity index (χ4n) is 2.04. The van der Waals surface area contributed by atoms with Crippen LogP contribution < -0.4 is 11.1 Å². The Bertz CT molecular complexity index is 460. The molecule has 0 bridgehead atoms. The summed E-state index contributed by atoms with van der Waals surface area (Å²) in [6, 6.07) is 7.26. The van der Waals surface area contributed by atoms with Gasteiger partial charge in [-0.1, -0.05) is 63.9 Å². The summed E-state index contributed by atoms with van der Waals surface area (Å²) in [6.07, 6.45) is 0.891. The van der Waals surface area contributed by atoms with Crippen molar-refractivity contribution >= 4 is 17.5 Å². The maximum absolute atomic E-state index is 12.0. The van der Waals surface area contributed by atoms with E-state index in [1.165, 1.54) is 0 Å². The molecule has 3 nitrogen and oxygen atoms in total. The Morgan fingerprint density at radius 1 is 1.40 bits per heavy atom. The summed E-state index contributed by atoms with van der Waals surface area (Å²) in [4.78, 5) is 12.0. The van der Waals surface area contributed by atoms with Gasteiger partial charge in [0.25, 0.3) is 0 Å². The molecule has 3 N–H and O–H groups in total. The normalized spacial score (nSPS) is 14.7. The molecule has 0 heterocycles. The first-order valence-electron chi connectivity index (χ1n) is 7.08. The van der Waals surface area contributed by atoms with E-state index in [-0.39, 0.29) is 17.2 Å². The zero-order valence-corrected chi connectivity index (χ0v) is 13.5. The summed E-state index contributed by atoms with van der Waals surface area (Å²) in [5.74, 6) is 0.0814. The molecule has 112 valence electrons. The topological polar surface area (TPSA) is 55.1 Å². The number of carbonyl (C=O) groups excluding carboxylic acids is 1. The van der Waals surface area contributed by atoms with E-state index in [1.54, 1.807) is 0 Å². The average Bonchev–Trinajstić information content (AvgIpc) is 2.43. The molecule has 0 fully saturated rings. The van der Waals surface area contributed by atoms with Crippen LogP contribution in [0.15, 0.2) is 24.3 Å². The lowest BCUT2D eigenvalue weighted by Gasteiger charge is -2.28. The molecule has 0 aliphatic heterocycles. The van der Waals surface area contributed by atoms with E-state index in [0.29, 0.717) is 6.54 Å². The van der Waals surface area contributed by atoms with Crippen LogP contribution in [0.1, 0.15) is 39.7 Å². The summed E-state index contributed by atoms with van der Waals surface area (Å²) in [5, 5.41) is 3.66. The minimum Gasteiger partial charge on any atom is -0.354 e. The Balaban J connectivity index is 2.69. The Labute approximate surface area is 126 Å². The molecule has 20 heavy (non-hydrogen) atoms. The predicted octanol–water partition coefficient (Wildman–Crippen LogP) is 3.11. The summed E-state index contributed by atoms with van der Waals surface area (Å²) in [6.45, 7) is 8.65. The highest BCUT2D eigenvalue weighted by Crippen LogP contribution is 2.29. The molecule has 4 heteroatoms. The lowest BCUT2D eigenvalue weighted by molar-refractivity contribution is -0.123. The van der Waals surface area contributed by atoms with E-state index in [1.807, 2.05) is 38.1 Å². The van der Waals surface area contributed by atoms with Crippen molar-refractivity contribution in [3.8, 4) is 0 Å². The average molecular weight is 297 g/mol. The largest absolute Gasteiger partial charge is 0.354 e. The highest BCUT2D eigenvalue weighted by molar-refractivity contribution is 6.31. The molecule has 0 aliphatic carbocycles. The molecule has 0 aromatic heterocycles. The fourth-order valence-corrected chi connectivity index (χ4v) is 2.44. The van der Waals surface area contributed by atoms with Gasteiger partial charge in [-0.2, -0.15) is 0 Å². The molecule has 0 saturated heterocycles. The summed E-state index contributed by atoms with van der Waals surface area (Å²) < 4.78 is 0. The van der Waals surface area contributed by atoms with Crippen LogP contribution in [0.3, 0.4) is 0 Å². The van der Waals surface area contributed by atoms with Crippen LogP contribution in [-0.2, 0) is 10.2 Å². The number of halogens is 1. The lowest BCUT2D eigenvalue weighted by atomic mass is 9.84. The third-order valence-corrected chi connectivity index (χ3v) is 4.20. The summed E-state index contributed by atoms with van der Waals surface area (Å²) in [7, 11) is 0. The van der Waals surface area contributed by atoms with Gasteiger partial charge in [0.15, 0.2) is 0 Å². The monoisotopic (exact) mass is 296 g/mol. The summed E-state index contributed by atoms with van der Waals surface area (Å²) in [5.41, 5.74) is 6.73. The standard InChI is InChI=1S/C16H25ClN2O/c1-5-11(2)14(18)15(20)19-10-16(3,4)12-8-6-7-9-13(12)17/h6-9,11,14H,5,10,18H2,1-4H3,(H,19,20). The molecular formula is C16H25ClN2O. The van der Waals surface area contributed by atoms with Gasteiger partial charge < -0.3 is 11.1 Å². The van der Waals surface area contributed by atoms with Crippen molar-refractivity contribution < 1.29 is 4.79 Å². The van der Waals surface area contributed by atoms with Crippen LogP contribution in [0.4, 0.5) is 0 Å². The first-order chi connectivity index (χ1) is 9.29. The van der Waals surface area contributed by atoms with Crippen LogP contribution in [-0.4, -0.2) is 18.5 Å². The number of nitrogens with one attached hydrogen (secondary N) is 1. The first kappa shape index (κ1) is 17.0. The fraction of sp³-hybridized carbons (Fsp3) is 0.562. The molecule has 1 rings (SSSR count). The molecule has 1 amide bonds. The molecular weight excluding hydrogens is 272 g/mol.